The second-order valence-corrected chi connectivity index (χ2v) is 3.83. The summed E-state index contributed by atoms with van der Waals surface area (Å²) in [5.74, 6) is 1.34. The summed E-state index contributed by atoms with van der Waals surface area (Å²) in [5.41, 5.74) is 3.25. The first-order valence-corrected chi connectivity index (χ1v) is 5.57. The number of hydrogen-bond donors (Lipinski definition) is 2. The number of hydrazine groups is 1. The first-order valence-electron chi connectivity index (χ1n) is 5.57. The second-order valence-electron chi connectivity index (χ2n) is 3.83. The van der Waals surface area contributed by atoms with Gasteiger partial charge in [0.25, 0.3) is 0 Å². The number of carbonyl (C=O) groups is 1. The van der Waals surface area contributed by atoms with Crippen molar-refractivity contribution in [2.45, 2.75) is 19.3 Å². The smallest absolute Gasteiger partial charge is 0.212 e. The molecule has 1 aliphatic rings. The van der Waals surface area contributed by atoms with Gasteiger partial charge in [0.05, 0.1) is 0 Å². The topological polar surface area (TPSA) is 57.3 Å². The average Bonchev–Trinajstić information content (AvgIpc) is 2.31. The number of aromatic nitrogens is 1. The Bertz CT molecular complexity index is 350. The number of amides is 1. The Morgan fingerprint density at radius 1 is 1.19 bits per heavy atom. The summed E-state index contributed by atoms with van der Waals surface area (Å²) in [6.07, 6.45) is 4.38. The Kier molecular flexibility index (Phi) is 3.71. The lowest BCUT2D eigenvalue weighted by molar-refractivity contribution is -0.105. The quantitative estimate of drug-likeness (QED) is 0.754. The van der Waals surface area contributed by atoms with E-state index in [4.69, 9.17) is 0 Å². The number of anilines is 2. The number of hydrogen-bond acceptors (Lipinski definition) is 4. The molecule has 0 bridgehead atoms. The first kappa shape index (κ1) is 10.9. The van der Waals surface area contributed by atoms with E-state index in [1.54, 1.807) is 6.07 Å². The van der Waals surface area contributed by atoms with Crippen LogP contribution in [0.4, 0.5) is 11.6 Å². The third kappa shape index (κ3) is 2.93. The van der Waals surface area contributed by atoms with Gasteiger partial charge in [-0.05, 0) is 25.0 Å². The van der Waals surface area contributed by atoms with Crippen LogP contribution in [0.15, 0.2) is 18.2 Å². The average molecular weight is 220 g/mol. The molecule has 1 aromatic heterocycles. The summed E-state index contributed by atoms with van der Waals surface area (Å²) < 4.78 is 0. The Labute approximate surface area is 94.8 Å². The lowest BCUT2D eigenvalue weighted by atomic mass is 10.2. The lowest BCUT2D eigenvalue weighted by Gasteiger charge is -2.27. The van der Waals surface area contributed by atoms with Crippen molar-refractivity contribution in [3.63, 3.8) is 0 Å². The van der Waals surface area contributed by atoms with Crippen molar-refractivity contribution in [3.8, 4) is 0 Å². The lowest BCUT2D eigenvalue weighted by Crippen LogP contribution is -2.35. The number of carbonyl (C=O) groups excluding carboxylic acids is 1. The summed E-state index contributed by atoms with van der Waals surface area (Å²) in [6, 6.07) is 5.52. The molecular formula is C11H16N4O. The summed E-state index contributed by atoms with van der Waals surface area (Å²) >= 11 is 0. The predicted molar refractivity (Wildman–Crippen MR) is 63.0 cm³/mol. The zero-order valence-corrected chi connectivity index (χ0v) is 9.15. The molecule has 0 spiro atoms. The van der Waals surface area contributed by atoms with Gasteiger partial charge in [-0.15, -0.1) is 0 Å². The molecule has 1 aliphatic heterocycles. The van der Waals surface area contributed by atoms with Crippen LogP contribution in [0.2, 0.25) is 0 Å². The molecule has 0 aliphatic carbocycles. The van der Waals surface area contributed by atoms with Gasteiger partial charge in [0, 0.05) is 13.1 Å². The highest BCUT2D eigenvalue weighted by atomic mass is 16.1. The predicted octanol–water partition coefficient (Wildman–Crippen LogP) is 1.46. The molecule has 1 saturated heterocycles. The van der Waals surface area contributed by atoms with Gasteiger partial charge < -0.3 is 10.7 Å². The summed E-state index contributed by atoms with van der Waals surface area (Å²) in [4.78, 5) is 14.6. The van der Waals surface area contributed by atoms with Crippen molar-refractivity contribution in [1.82, 2.24) is 9.99 Å². The first-order chi connectivity index (χ1) is 7.88. The SMILES string of the molecule is O=CNc1cccc(NN2CCCCC2)n1. The van der Waals surface area contributed by atoms with Crippen molar-refractivity contribution in [2.24, 2.45) is 0 Å². The van der Waals surface area contributed by atoms with Gasteiger partial charge in [0.15, 0.2) is 0 Å². The molecule has 16 heavy (non-hydrogen) atoms. The molecule has 2 heterocycles. The van der Waals surface area contributed by atoms with Crippen LogP contribution < -0.4 is 10.7 Å². The molecule has 86 valence electrons. The van der Waals surface area contributed by atoms with E-state index < -0.39 is 0 Å². The molecule has 5 nitrogen and oxygen atoms in total. The van der Waals surface area contributed by atoms with Crippen molar-refractivity contribution in [2.75, 3.05) is 23.8 Å². The number of pyridine rings is 1. The maximum absolute atomic E-state index is 10.3. The van der Waals surface area contributed by atoms with E-state index in [-0.39, 0.29) is 0 Å². The molecular weight excluding hydrogens is 204 g/mol. The minimum absolute atomic E-state index is 0.567. The number of piperidine rings is 1. The highest BCUT2D eigenvalue weighted by Crippen LogP contribution is 2.13. The zero-order chi connectivity index (χ0) is 11.2. The Balaban J connectivity index is 1.97. The van der Waals surface area contributed by atoms with E-state index in [2.05, 4.69) is 20.7 Å². The minimum atomic E-state index is 0.567. The molecule has 0 radical (unpaired) electrons. The molecule has 2 N–H and O–H groups in total. The maximum Gasteiger partial charge on any atom is 0.212 e. The van der Waals surface area contributed by atoms with Crippen LogP contribution in [-0.2, 0) is 4.79 Å². The Morgan fingerprint density at radius 3 is 2.69 bits per heavy atom. The van der Waals surface area contributed by atoms with Gasteiger partial charge in [-0.2, -0.15) is 0 Å². The van der Waals surface area contributed by atoms with Gasteiger partial charge in [0.2, 0.25) is 6.41 Å². The Hall–Kier alpha value is -1.62. The van der Waals surface area contributed by atoms with Crippen molar-refractivity contribution in [3.05, 3.63) is 18.2 Å². The maximum atomic E-state index is 10.3. The van der Waals surface area contributed by atoms with Gasteiger partial charge >= 0.3 is 0 Å². The van der Waals surface area contributed by atoms with Crippen LogP contribution in [0.25, 0.3) is 0 Å². The highest BCUT2D eigenvalue weighted by Gasteiger charge is 2.09. The van der Waals surface area contributed by atoms with E-state index >= 15 is 0 Å². The van der Waals surface area contributed by atoms with Crippen molar-refractivity contribution < 1.29 is 4.79 Å². The van der Waals surface area contributed by atoms with Crippen molar-refractivity contribution >= 4 is 18.0 Å². The molecule has 2 rings (SSSR count). The summed E-state index contributed by atoms with van der Waals surface area (Å²) in [5, 5.41) is 4.70. The fourth-order valence-corrected chi connectivity index (χ4v) is 1.81. The van der Waals surface area contributed by atoms with E-state index in [9.17, 15) is 4.79 Å². The van der Waals surface area contributed by atoms with Crippen LogP contribution in [-0.4, -0.2) is 29.5 Å². The molecule has 0 unspecified atom stereocenters. The van der Waals surface area contributed by atoms with Crippen LogP contribution in [0.1, 0.15) is 19.3 Å². The number of nitrogens with zero attached hydrogens (tertiary/aromatic N) is 2. The van der Waals surface area contributed by atoms with E-state index in [0.29, 0.717) is 12.2 Å². The van der Waals surface area contributed by atoms with Gasteiger partial charge in [0.1, 0.15) is 11.6 Å². The number of rotatable bonds is 4. The largest absolute Gasteiger partial charge is 0.313 e. The Morgan fingerprint density at radius 2 is 1.94 bits per heavy atom. The minimum Gasteiger partial charge on any atom is -0.313 e. The van der Waals surface area contributed by atoms with E-state index in [1.165, 1.54) is 19.3 Å². The van der Waals surface area contributed by atoms with E-state index in [0.717, 1.165) is 18.9 Å². The van der Waals surface area contributed by atoms with Crippen LogP contribution in [0, 0.1) is 0 Å². The molecule has 0 aromatic carbocycles. The van der Waals surface area contributed by atoms with E-state index in [1.807, 2.05) is 12.1 Å². The van der Waals surface area contributed by atoms with Crippen LogP contribution >= 0.6 is 0 Å². The normalized spacial score (nSPS) is 16.8. The van der Waals surface area contributed by atoms with Gasteiger partial charge in [-0.3, -0.25) is 4.79 Å². The fraction of sp³-hybridized carbons (Fsp3) is 0.455. The molecule has 5 heteroatoms. The summed E-state index contributed by atoms with van der Waals surface area (Å²) in [7, 11) is 0. The third-order valence-electron chi connectivity index (χ3n) is 2.58. The summed E-state index contributed by atoms with van der Waals surface area (Å²) in [6.45, 7) is 2.10. The number of nitrogens with one attached hydrogen (secondary N) is 2. The second kappa shape index (κ2) is 5.46. The third-order valence-corrected chi connectivity index (χ3v) is 2.58. The molecule has 1 amide bonds. The van der Waals surface area contributed by atoms with Gasteiger partial charge in [-0.25, -0.2) is 9.99 Å². The zero-order valence-electron chi connectivity index (χ0n) is 9.15. The molecule has 1 fully saturated rings. The standard InChI is InChI=1S/C11H16N4O/c16-9-12-10-5-4-6-11(13-10)14-15-7-2-1-3-8-15/h4-6,9H,1-3,7-8H2,(H2,12,13,14,16). The van der Waals surface area contributed by atoms with Crippen LogP contribution in [0.5, 0.6) is 0 Å². The fourth-order valence-electron chi connectivity index (χ4n) is 1.81. The monoisotopic (exact) mass is 220 g/mol. The van der Waals surface area contributed by atoms with Crippen LogP contribution in [0.3, 0.4) is 0 Å². The van der Waals surface area contributed by atoms with Gasteiger partial charge in [-0.1, -0.05) is 12.5 Å². The molecule has 0 atom stereocenters. The van der Waals surface area contributed by atoms with Crippen molar-refractivity contribution in [1.29, 1.82) is 0 Å². The highest BCUT2D eigenvalue weighted by molar-refractivity contribution is 5.69. The molecule has 1 aromatic rings. The molecule has 0 saturated carbocycles.